The summed E-state index contributed by atoms with van der Waals surface area (Å²) in [7, 11) is 2.55. The summed E-state index contributed by atoms with van der Waals surface area (Å²) in [6.45, 7) is 3.32. The summed E-state index contributed by atoms with van der Waals surface area (Å²) in [6.07, 6.45) is -1.27. The van der Waals surface area contributed by atoms with Crippen LogP contribution in [0.1, 0.15) is 41.3 Å². The van der Waals surface area contributed by atoms with E-state index in [-0.39, 0.29) is 29.3 Å². The number of hydrogen-bond donors (Lipinski definition) is 0. The molecule has 0 atom stereocenters. The molecule has 0 fully saturated rings. The number of methoxy groups -OCH3 is 1. The second-order valence-corrected chi connectivity index (χ2v) is 5.91. The molecule has 0 saturated heterocycles. The number of nitrogens with zero attached hydrogens (tertiary/aromatic N) is 3. The van der Waals surface area contributed by atoms with Crippen LogP contribution in [0.4, 0.5) is 8.78 Å². The van der Waals surface area contributed by atoms with E-state index in [2.05, 4.69) is 15.3 Å². The quantitative estimate of drug-likeness (QED) is 0.379. The number of carbonyl (C=O) groups is 1. The Balaban J connectivity index is 2.31. The molecule has 0 bridgehead atoms. The first kappa shape index (κ1) is 21.9. The predicted octanol–water partition coefficient (Wildman–Crippen LogP) is 3.79. The monoisotopic (exact) mass is 405 g/mol. The average Bonchev–Trinajstić information content (AvgIpc) is 2.72. The maximum absolute atomic E-state index is 13.1. The average molecular weight is 405 g/mol. The highest BCUT2D eigenvalue weighted by Crippen LogP contribution is 2.22. The molecule has 29 heavy (non-hydrogen) atoms. The molecule has 9 heteroatoms. The molecule has 7 nitrogen and oxygen atoms in total. The van der Waals surface area contributed by atoms with Crippen molar-refractivity contribution in [2.45, 2.75) is 26.9 Å². The summed E-state index contributed by atoms with van der Waals surface area (Å²) >= 11 is 0. The van der Waals surface area contributed by atoms with Crippen molar-refractivity contribution >= 4 is 17.4 Å². The minimum atomic E-state index is -2.68. The molecule has 0 amide bonds. The van der Waals surface area contributed by atoms with Gasteiger partial charge in [0.2, 0.25) is 0 Å². The molecule has 154 valence electrons. The van der Waals surface area contributed by atoms with E-state index in [0.29, 0.717) is 11.1 Å². The third kappa shape index (κ3) is 5.34. The number of alkyl halides is 2. The van der Waals surface area contributed by atoms with Gasteiger partial charge in [0, 0.05) is 22.9 Å². The Morgan fingerprint density at radius 2 is 1.93 bits per heavy atom. The van der Waals surface area contributed by atoms with Gasteiger partial charge in [0.15, 0.2) is 5.71 Å². The van der Waals surface area contributed by atoms with Crippen LogP contribution >= 0.6 is 0 Å². The fraction of sp³-hybridized carbons (Fsp3) is 0.300. The molecule has 0 aliphatic rings. The molecule has 1 heterocycles. The van der Waals surface area contributed by atoms with Crippen molar-refractivity contribution in [3.05, 3.63) is 64.5 Å². The Bertz CT molecular complexity index is 930. The third-order valence-corrected chi connectivity index (χ3v) is 4.05. The normalized spacial score (nSPS) is 12.1. The smallest absolute Gasteiger partial charge is 0.360 e. The Kier molecular flexibility index (Phi) is 7.76. The van der Waals surface area contributed by atoms with Crippen LogP contribution in [-0.4, -0.2) is 36.6 Å². The standard InChI is InChI=1S/C20H21F2N3O4/c1-12-7-5-8-14(18(25-28-4)20(26)27-3)16(12)11-29-24-13(2)17-15(19(21)22)9-6-10-23-17/h5-10,19H,11H2,1-4H3/b24-13+,25-18+. The lowest BCUT2D eigenvalue weighted by atomic mass is 9.99. The molecule has 0 saturated carbocycles. The fourth-order valence-electron chi connectivity index (χ4n) is 2.63. The van der Waals surface area contributed by atoms with Crippen molar-refractivity contribution in [2.24, 2.45) is 10.3 Å². The van der Waals surface area contributed by atoms with E-state index in [0.717, 1.165) is 5.56 Å². The Labute approximate surface area is 167 Å². The van der Waals surface area contributed by atoms with Gasteiger partial charge in [0.1, 0.15) is 19.4 Å². The first-order valence-electron chi connectivity index (χ1n) is 8.59. The van der Waals surface area contributed by atoms with Crippen LogP contribution in [0.25, 0.3) is 0 Å². The molecule has 0 N–H and O–H groups in total. The lowest BCUT2D eigenvalue weighted by molar-refractivity contribution is -0.132. The third-order valence-electron chi connectivity index (χ3n) is 4.05. The van der Waals surface area contributed by atoms with Crippen molar-refractivity contribution in [3.63, 3.8) is 0 Å². The van der Waals surface area contributed by atoms with E-state index >= 15 is 0 Å². The van der Waals surface area contributed by atoms with E-state index in [1.807, 2.05) is 13.0 Å². The van der Waals surface area contributed by atoms with Gasteiger partial charge in [-0.2, -0.15) is 0 Å². The number of halogens is 2. The van der Waals surface area contributed by atoms with Crippen molar-refractivity contribution in [1.82, 2.24) is 4.98 Å². The topological polar surface area (TPSA) is 82.4 Å². The van der Waals surface area contributed by atoms with E-state index < -0.39 is 12.4 Å². The number of pyridine rings is 1. The zero-order chi connectivity index (χ0) is 21.4. The molecule has 2 aromatic rings. The molecule has 2 rings (SSSR count). The molecule has 0 aliphatic carbocycles. The number of ether oxygens (including phenoxy) is 1. The van der Waals surface area contributed by atoms with E-state index in [1.54, 1.807) is 12.1 Å². The van der Waals surface area contributed by atoms with Crippen molar-refractivity contribution < 1.29 is 28.0 Å². The number of benzene rings is 1. The Hall–Kier alpha value is -3.36. The second kappa shape index (κ2) is 10.3. The van der Waals surface area contributed by atoms with Crippen LogP contribution in [0.15, 0.2) is 46.8 Å². The summed E-state index contributed by atoms with van der Waals surface area (Å²) in [6, 6.07) is 7.97. The number of oxime groups is 2. The number of rotatable bonds is 8. The van der Waals surface area contributed by atoms with Crippen molar-refractivity contribution in [3.8, 4) is 0 Å². The second-order valence-electron chi connectivity index (χ2n) is 5.91. The number of hydrogen-bond acceptors (Lipinski definition) is 7. The minimum absolute atomic E-state index is 0.0253. The lowest BCUT2D eigenvalue weighted by Gasteiger charge is -2.13. The summed E-state index contributed by atoms with van der Waals surface area (Å²) < 4.78 is 31.0. The van der Waals surface area contributed by atoms with E-state index in [1.165, 1.54) is 39.5 Å². The van der Waals surface area contributed by atoms with Crippen LogP contribution in [0.5, 0.6) is 0 Å². The van der Waals surface area contributed by atoms with Gasteiger partial charge in [-0.25, -0.2) is 13.6 Å². The van der Waals surface area contributed by atoms with Crippen LogP contribution in [-0.2, 0) is 25.8 Å². The van der Waals surface area contributed by atoms with Crippen LogP contribution in [0.2, 0.25) is 0 Å². The van der Waals surface area contributed by atoms with Gasteiger partial charge in [-0.05, 0) is 31.5 Å². The molecular weight excluding hydrogens is 384 g/mol. The van der Waals surface area contributed by atoms with Gasteiger partial charge < -0.3 is 14.4 Å². The largest absolute Gasteiger partial charge is 0.464 e. The zero-order valence-electron chi connectivity index (χ0n) is 16.5. The highest BCUT2D eigenvalue weighted by atomic mass is 19.3. The SMILES string of the molecule is CO/N=C(/C(=O)OC)c1cccc(C)c1CO/N=C(\C)c1ncccc1C(F)F. The molecule has 1 aromatic heterocycles. The van der Waals surface area contributed by atoms with Gasteiger partial charge in [0.25, 0.3) is 6.43 Å². The summed E-state index contributed by atoms with van der Waals surface area (Å²) in [5.74, 6) is -0.673. The number of aromatic nitrogens is 1. The van der Waals surface area contributed by atoms with Gasteiger partial charge in [-0.1, -0.05) is 28.5 Å². The first-order chi connectivity index (χ1) is 13.9. The first-order valence-corrected chi connectivity index (χ1v) is 8.59. The summed E-state index contributed by atoms with van der Waals surface area (Å²) in [5.41, 5.74) is 1.91. The fourth-order valence-corrected chi connectivity index (χ4v) is 2.63. The highest BCUT2D eigenvalue weighted by molar-refractivity contribution is 6.43. The molecule has 0 radical (unpaired) electrons. The maximum Gasteiger partial charge on any atom is 0.360 e. The van der Waals surface area contributed by atoms with Crippen LogP contribution in [0.3, 0.4) is 0 Å². The summed E-state index contributed by atoms with van der Waals surface area (Å²) in [4.78, 5) is 26.2. The maximum atomic E-state index is 13.1. The molecule has 0 unspecified atom stereocenters. The van der Waals surface area contributed by atoms with Gasteiger partial charge in [-0.15, -0.1) is 0 Å². The van der Waals surface area contributed by atoms with Crippen LogP contribution < -0.4 is 0 Å². The van der Waals surface area contributed by atoms with Crippen LogP contribution in [0, 0.1) is 6.92 Å². The lowest BCUT2D eigenvalue weighted by Crippen LogP contribution is -2.20. The number of esters is 1. The molecule has 1 aromatic carbocycles. The zero-order valence-corrected chi connectivity index (χ0v) is 16.5. The van der Waals surface area contributed by atoms with Crippen molar-refractivity contribution in [2.75, 3.05) is 14.2 Å². The summed E-state index contributed by atoms with van der Waals surface area (Å²) in [5, 5.41) is 7.66. The van der Waals surface area contributed by atoms with Gasteiger partial charge >= 0.3 is 5.97 Å². The molecule has 0 spiro atoms. The Morgan fingerprint density at radius 1 is 1.17 bits per heavy atom. The van der Waals surface area contributed by atoms with E-state index in [9.17, 15) is 13.6 Å². The molecule has 0 aliphatic heterocycles. The minimum Gasteiger partial charge on any atom is -0.464 e. The predicted molar refractivity (Wildman–Crippen MR) is 103 cm³/mol. The highest BCUT2D eigenvalue weighted by Gasteiger charge is 2.21. The Morgan fingerprint density at radius 3 is 2.59 bits per heavy atom. The number of carbonyl (C=O) groups excluding carboxylic acids is 1. The van der Waals surface area contributed by atoms with E-state index in [4.69, 9.17) is 14.4 Å². The number of aryl methyl sites for hydroxylation is 1. The van der Waals surface area contributed by atoms with Crippen molar-refractivity contribution in [1.29, 1.82) is 0 Å². The van der Waals surface area contributed by atoms with Gasteiger partial charge in [0.05, 0.1) is 12.8 Å². The molecular formula is C20H21F2N3O4. The van der Waals surface area contributed by atoms with Gasteiger partial charge in [-0.3, -0.25) is 4.98 Å².